The summed E-state index contributed by atoms with van der Waals surface area (Å²) in [5.74, 6) is 0. The molecule has 0 saturated carbocycles. The fourth-order valence-corrected chi connectivity index (χ4v) is 1.28. The Labute approximate surface area is 83.3 Å². The van der Waals surface area contributed by atoms with Crippen LogP contribution in [-0.2, 0) is 0 Å². The minimum Gasteiger partial charge on any atom is -0.329 e. The molecule has 2 N–H and O–H groups in total. The van der Waals surface area contributed by atoms with Crippen LogP contribution in [0.15, 0.2) is 0 Å². The van der Waals surface area contributed by atoms with Crippen molar-refractivity contribution in [1.82, 2.24) is 4.90 Å². The summed E-state index contributed by atoms with van der Waals surface area (Å²) >= 11 is 0. The Hall–Kier alpha value is -0.290. The van der Waals surface area contributed by atoms with Crippen LogP contribution < -0.4 is 5.73 Å². The zero-order valence-electron chi connectivity index (χ0n) is 8.77. The number of alkyl halides is 3. The first-order valence-electron chi connectivity index (χ1n) is 4.87. The molecule has 0 aliphatic heterocycles. The van der Waals surface area contributed by atoms with E-state index in [9.17, 15) is 13.2 Å². The van der Waals surface area contributed by atoms with Crippen LogP contribution in [0.25, 0.3) is 0 Å². The number of hydrogen-bond acceptors (Lipinski definition) is 2. The van der Waals surface area contributed by atoms with E-state index in [1.807, 2.05) is 18.7 Å². The summed E-state index contributed by atoms with van der Waals surface area (Å²) in [7, 11) is 0. The lowest BCUT2D eigenvalue weighted by atomic mass is 10.2. The van der Waals surface area contributed by atoms with Gasteiger partial charge in [-0.3, -0.25) is 4.90 Å². The number of halogens is 3. The van der Waals surface area contributed by atoms with Crippen LogP contribution in [0.2, 0.25) is 0 Å². The third-order valence-corrected chi connectivity index (χ3v) is 2.05. The molecule has 5 heteroatoms. The minimum absolute atomic E-state index is 0.154. The summed E-state index contributed by atoms with van der Waals surface area (Å²) in [5.41, 5.74) is 5.36. The van der Waals surface area contributed by atoms with E-state index >= 15 is 0 Å². The van der Waals surface area contributed by atoms with Gasteiger partial charge in [-0.1, -0.05) is 0 Å². The van der Waals surface area contributed by atoms with E-state index in [0.29, 0.717) is 19.6 Å². The summed E-state index contributed by atoms with van der Waals surface area (Å²) < 4.78 is 35.5. The van der Waals surface area contributed by atoms with Crippen molar-refractivity contribution in [2.75, 3.05) is 19.6 Å². The van der Waals surface area contributed by atoms with Crippen molar-refractivity contribution in [3.05, 3.63) is 0 Å². The van der Waals surface area contributed by atoms with Crippen molar-refractivity contribution in [3.8, 4) is 0 Å². The Balaban J connectivity index is 3.72. The predicted octanol–water partition coefficient (Wildman–Crippen LogP) is 2.00. The van der Waals surface area contributed by atoms with Crippen LogP contribution in [0.1, 0.15) is 26.7 Å². The van der Waals surface area contributed by atoms with Crippen LogP contribution >= 0.6 is 0 Å². The third-order valence-electron chi connectivity index (χ3n) is 2.05. The Bertz CT molecular complexity index is 145. The van der Waals surface area contributed by atoms with E-state index in [1.165, 1.54) is 0 Å². The molecular formula is C9H19F3N2. The van der Waals surface area contributed by atoms with E-state index in [0.717, 1.165) is 0 Å². The summed E-state index contributed by atoms with van der Waals surface area (Å²) in [6, 6.07) is 0.256. The molecule has 0 aliphatic carbocycles. The van der Waals surface area contributed by atoms with Crippen LogP contribution in [0.4, 0.5) is 13.2 Å². The number of nitrogens with two attached hydrogens (primary N) is 1. The molecule has 86 valence electrons. The fraction of sp³-hybridized carbons (Fsp3) is 1.00. The highest BCUT2D eigenvalue weighted by Gasteiger charge is 2.26. The average molecular weight is 212 g/mol. The molecule has 0 bridgehead atoms. The van der Waals surface area contributed by atoms with Crippen molar-refractivity contribution in [2.45, 2.75) is 38.9 Å². The quantitative estimate of drug-likeness (QED) is 0.729. The number of nitrogens with zero attached hydrogens (tertiary/aromatic N) is 1. The molecule has 0 saturated heterocycles. The van der Waals surface area contributed by atoms with Crippen molar-refractivity contribution in [2.24, 2.45) is 5.73 Å². The SMILES string of the molecule is CC(C)N(CCN)CCCC(F)(F)F. The smallest absolute Gasteiger partial charge is 0.329 e. The zero-order chi connectivity index (χ0) is 11.2. The second-order valence-electron chi connectivity index (χ2n) is 3.64. The topological polar surface area (TPSA) is 29.3 Å². The van der Waals surface area contributed by atoms with Crippen LogP contribution in [0.3, 0.4) is 0 Å². The summed E-state index contributed by atoms with van der Waals surface area (Å²) in [5, 5.41) is 0. The molecule has 0 spiro atoms. The van der Waals surface area contributed by atoms with Gasteiger partial charge in [0.25, 0.3) is 0 Å². The van der Waals surface area contributed by atoms with Gasteiger partial charge in [-0.2, -0.15) is 13.2 Å². The molecule has 0 rings (SSSR count). The molecule has 0 heterocycles. The highest BCUT2D eigenvalue weighted by molar-refractivity contribution is 4.64. The lowest BCUT2D eigenvalue weighted by molar-refractivity contribution is -0.136. The lowest BCUT2D eigenvalue weighted by Crippen LogP contribution is -2.36. The highest BCUT2D eigenvalue weighted by atomic mass is 19.4. The van der Waals surface area contributed by atoms with Crippen LogP contribution in [0, 0.1) is 0 Å². The summed E-state index contributed by atoms with van der Waals surface area (Å²) in [4.78, 5) is 1.96. The fourth-order valence-electron chi connectivity index (χ4n) is 1.28. The molecule has 14 heavy (non-hydrogen) atoms. The normalized spacial score (nSPS) is 12.9. The van der Waals surface area contributed by atoms with Gasteiger partial charge in [0.1, 0.15) is 0 Å². The minimum atomic E-state index is -4.04. The van der Waals surface area contributed by atoms with E-state index < -0.39 is 12.6 Å². The molecule has 0 aliphatic rings. The number of rotatable bonds is 6. The standard InChI is InChI=1S/C9H19F3N2/c1-8(2)14(7-5-13)6-3-4-9(10,11)12/h8H,3-7,13H2,1-2H3. The van der Waals surface area contributed by atoms with Crippen LogP contribution in [-0.4, -0.2) is 36.8 Å². The average Bonchev–Trinajstić information content (AvgIpc) is 2.00. The zero-order valence-corrected chi connectivity index (χ0v) is 8.77. The number of hydrogen-bond donors (Lipinski definition) is 1. The van der Waals surface area contributed by atoms with Gasteiger partial charge < -0.3 is 5.73 Å². The second kappa shape index (κ2) is 6.24. The Morgan fingerprint density at radius 2 is 1.79 bits per heavy atom. The first kappa shape index (κ1) is 13.7. The molecule has 0 atom stereocenters. The summed E-state index contributed by atoms with van der Waals surface area (Å²) in [6.45, 7) is 5.54. The van der Waals surface area contributed by atoms with E-state index in [-0.39, 0.29) is 12.5 Å². The maximum Gasteiger partial charge on any atom is 0.389 e. The van der Waals surface area contributed by atoms with Gasteiger partial charge in [0.2, 0.25) is 0 Å². The molecule has 0 aromatic rings. The Kier molecular flexibility index (Phi) is 6.11. The van der Waals surface area contributed by atoms with Gasteiger partial charge in [-0.05, 0) is 26.8 Å². The monoisotopic (exact) mass is 212 g/mol. The third kappa shape index (κ3) is 7.15. The Morgan fingerprint density at radius 3 is 2.14 bits per heavy atom. The maximum atomic E-state index is 11.8. The lowest BCUT2D eigenvalue weighted by Gasteiger charge is -2.25. The van der Waals surface area contributed by atoms with Gasteiger partial charge in [0.15, 0.2) is 0 Å². The molecule has 0 amide bonds. The summed E-state index contributed by atoms with van der Waals surface area (Å²) in [6.07, 6.45) is -4.59. The Morgan fingerprint density at radius 1 is 1.21 bits per heavy atom. The molecule has 0 aromatic carbocycles. The molecule has 2 nitrogen and oxygen atoms in total. The van der Waals surface area contributed by atoms with Gasteiger partial charge in [0.05, 0.1) is 0 Å². The van der Waals surface area contributed by atoms with Gasteiger partial charge in [0, 0.05) is 25.6 Å². The predicted molar refractivity (Wildman–Crippen MR) is 51.1 cm³/mol. The molecule has 0 radical (unpaired) electrons. The first-order chi connectivity index (χ1) is 6.37. The highest BCUT2D eigenvalue weighted by Crippen LogP contribution is 2.21. The van der Waals surface area contributed by atoms with Crippen molar-refractivity contribution < 1.29 is 13.2 Å². The van der Waals surface area contributed by atoms with Gasteiger partial charge >= 0.3 is 6.18 Å². The van der Waals surface area contributed by atoms with Crippen LogP contribution in [0.5, 0.6) is 0 Å². The first-order valence-corrected chi connectivity index (χ1v) is 4.87. The second-order valence-corrected chi connectivity index (χ2v) is 3.64. The molecular weight excluding hydrogens is 193 g/mol. The van der Waals surface area contributed by atoms with Crippen molar-refractivity contribution in [3.63, 3.8) is 0 Å². The maximum absolute atomic E-state index is 11.8. The van der Waals surface area contributed by atoms with Crippen molar-refractivity contribution >= 4 is 0 Å². The largest absolute Gasteiger partial charge is 0.389 e. The molecule has 0 unspecified atom stereocenters. The van der Waals surface area contributed by atoms with E-state index in [2.05, 4.69) is 0 Å². The van der Waals surface area contributed by atoms with Gasteiger partial charge in [-0.15, -0.1) is 0 Å². The molecule has 0 aromatic heterocycles. The molecule has 0 fully saturated rings. The van der Waals surface area contributed by atoms with E-state index in [4.69, 9.17) is 5.73 Å². The van der Waals surface area contributed by atoms with Crippen molar-refractivity contribution in [1.29, 1.82) is 0 Å². The van der Waals surface area contributed by atoms with Gasteiger partial charge in [-0.25, -0.2) is 0 Å². The van der Waals surface area contributed by atoms with E-state index in [1.54, 1.807) is 0 Å².